The van der Waals surface area contributed by atoms with Crippen LogP contribution in [0.2, 0.25) is 0 Å². The number of nitrogens with zero attached hydrogens (tertiary/aromatic N) is 3. The number of aromatic nitrogens is 2. The number of hydrogen-bond acceptors (Lipinski definition) is 4. The molecule has 3 aromatic rings. The Morgan fingerprint density at radius 1 is 1.06 bits per heavy atom. The van der Waals surface area contributed by atoms with Gasteiger partial charge in [-0.2, -0.15) is 0 Å². The van der Waals surface area contributed by atoms with Gasteiger partial charge in [0.15, 0.2) is 11.6 Å². The van der Waals surface area contributed by atoms with Gasteiger partial charge in [0, 0.05) is 29.3 Å². The van der Waals surface area contributed by atoms with Gasteiger partial charge in [-0.25, -0.2) is 9.97 Å². The van der Waals surface area contributed by atoms with Crippen molar-refractivity contribution in [1.82, 2.24) is 9.97 Å². The van der Waals surface area contributed by atoms with Gasteiger partial charge in [-0.1, -0.05) is 88.1 Å². The summed E-state index contributed by atoms with van der Waals surface area (Å²) < 4.78 is 0. The van der Waals surface area contributed by atoms with Crippen molar-refractivity contribution in [3.63, 3.8) is 0 Å². The molecule has 0 N–H and O–H groups in total. The monoisotopic (exact) mass is 453 g/mol. The lowest BCUT2D eigenvalue weighted by atomic mass is 9.96. The first kappa shape index (κ1) is 22.5. The second kappa shape index (κ2) is 9.49. The summed E-state index contributed by atoms with van der Waals surface area (Å²) in [6.07, 6.45) is 7.59. The third-order valence-corrected chi connectivity index (χ3v) is 7.13. The lowest BCUT2D eigenvalue weighted by molar-refractivity contribution is -0.117. The van der Waals surface area contributed by atoms with E-state index >= 15 is 0 Å². The topological polar surface area (TPSA) is 63.2 Å². The van der Waals surface area contributed by atoms with E-state index in [9.17, 15) is 9.59 Å². The van der Waals surface area contributed by atoms with Gasteiger partial charge >= 0.3 is 0 Å². The predicted molar refractivity (Wildman–Crippen MR) is 134 cm³/mol. The molecule has 2 aliphatic rings. The van der Waals surface area contributed by atoms with Gasteiger partial charge in [-0.15, -0.1) is 0 Å². The summed E-state index contributed by atoms with van der Waals surface area (Å²) in [4.78, 5) is 36.6. The third kappa shape index (κ3) is 4.52. The minimum absolute atomic E-state index is 0.0278. The van der Waals surface area contributed by atoms with Crippen molar-refractivity contribution >= 4 is 17.5 Å². The molecule has 0 saturated heterocycles. The van der Waals surface area contributed by atoms with Crippen LogP contribution in [-0.2, 0) is 17.8 Å². The van der Waals surface area contributed by atoms with Crippen molar-refractivity contribution in [3.8, 4) is 11.4 Å². The van der Waals surface area contributed by atoms with E-state index in [1.165, 1.54) is 31.2 Å². The highest BCUT2D eigenvalue weighted by molar-refractivity contribution is 6.00. The number of ketones is 1. The molecule has 0 unspecified atom stereocenters. The zero-order valence-corrected chi connectivity index (χ0v) is 20.0. The van der Waals surface area contributed by atoms with Gasteiger partial charge in [0.1, 0.15) is 5.82 Å². The Morgan fingerprint density at radius 3 is 2.53 bits per heavy atom. The van der Waals surface area contributed by atoms with Crippen LogP contribution in [0.25, 0.3) is 11.4 Å². The van der Waals surface area contributed by atoms with Crippen LogP contribution in [0.15, 0.2) is 54.7 Å². The highest BCUT2D eigenvalue weighted by Crippen LogP contribution is 2.33. The Bertz CT molecular complexity index is 1210. The lowest BCUT2D eigenvalue weighted by Gasteiger charge is -2.18. The molecule has 2 heterocycles. The summed E-state index contributed by atoms with van der Waals surface area (Å²) in [5.74, 6) is 2.48. The van der Waals surface area contributed by atoms with Gasteiger partial charge in [0.25, 0.3) is 0 Å². The van der Waals surface area contributed by atoms with Gasteiger partial charge in [0.05, 0.1) is 13.0 Å². The molecule has 2 aromatic carbocycles. The second-order valence-electron chi connectivity index (χ2n) is 9.92. The molecule has 1 saturated carbocycles. The molecule has 1 aromatic heterocycles. The molecule has 0 radical (unpaired) electrons. The maximum absolute atomic E-state index is 12.8. The van der Waals surface area contributed by atoms with E-state index in [0.717, 1.165) is 22.3 Å². The van der Waals surface area contributed by atoms with Crippen LogP contribution < -0.4 is 4.90 Å². The molecule has 5 rings (SSSR count). The molecule has 0 spiro atoms. The van der Waals surface area contributed by atoms with Crippen LogP contribution in [0.1, 0.15) is 78.9 Å². The maximum Gasteiger partial charge on any atom is 0.233 e. The summed E-state index contributed by atoms with van der Waals surface area (Å²) in [5, 5.41) is 0. The van der Waals surface area contributed by atoms with Crippen molar-refractivity contribution in [2.45, 2.75) is 64.8 Å². The highest BCUT2D eigenvalue weighted by Gasteiger charge is 2.30. The first-order valence-electron chi connectivity index (χ1n) is 12.4. The van der Waals surface area contributed by atoms with E-state index in [0.29, 0.717) is 42.9 Å². The molecule has 5 nitrogen and oxygen atoms in total. The molecule has 1 fully saturated rings. The SMILES string of the molecule is CC(C)c1ccccc1-c1ncc2c(n1)N(Cc1ccc(C(=O)CC3CCCC3)cc1)C(=O)C2. The maximum atomic E-state index is 12.8. The van der Waals surface area contributed by atoms with Crippen molar-refractivity contribution < 1.29 is 9.59 Å². The fourth-order valence-electron chi connectivity index (χ4n) is 5.20. The van der Waals surface area contributed by atoms with E-state index in [1.807, 2.05) is 42.5 Å². The average molecular weight is 454 g/mol. The van der Waals surface area contributed by atoms with Crippen LogP contribution in [0.3, 0.4) is 0 Å². The van der Waals surface area contributed by atoms with Gasteiger partial charge in [-0.3, -0.25) is 14.5 Å². The fourth-order valence-corrected chi connectivity index (χ4v) is 5.20. The smallest absolute Gasteiger partial charge is 0.233 e. The summed E-state index contributed by atoms with van der Waals surface area (Å²) >= 11 is 0. The Balaban J connectivity index is 1.35. The average Bonchev–Trinajstić information content (AvgIpc) is 3.46. The Kier molecular flexibility index (Phi) is 6.27. The van der Waals surface area contributed by atoms with Gasteiger partial charge in [0.2, 0.25) is 5.91 Å². The number of carbonyl (C=O) groups is 2. The molecular formula is C29H31N3O2. The molecule has 174 valence electrons. The van der Waals surface area contributed by atoms with Crippen LogP contribution in [0, 0.1) is 5.92 Å². The first-order valence-corrected chi connectivity index (χ1v) is 12.4. The summed E-state index contributed by atoms with van der Waals surface area (Å²) in [6, 6.07) is 15.9. The van der Waals surface area contributed by atoms with Crippen molar-refractivity contribution in [2.75, 3.05) is 4.90 Å². The van der Waals surface area contributed by atoms with Crippen molar-refractivity contribution in [2.24, 2.45) is 5.92 Å². The number of carbonyl (C=O) groups excluding carboxylic acids is 2. The number of Topliss-reactive ketones (excluding diaryl/α,β-unsaturated/α-hetero) is 1. The fraction of sp³-hybridized carbons (Fsp3) is 0.379. The van der Waals surface area contributed by atoms with Crippen LogP contribution in [0.4, 0.5) is 5.82 Å². The third-order valence-electron chi connectivity index (χ3n) is 7.13. The zero-order chi connectivity index (χ0) is 23.7. The highest BCUT2D eigenvalue weighted by atomic mass is 16.2. The molecule has 0 atom stereocenters. The van der Waals surface area contributed by atoms with E-state index in [4.69, 9.17) is 4.98 Å². The molecular weight excluding hydrogens is 422 g/mol. The molecule has 1 aliphatic carbocycles. The quantitative estimate of drug-likeness (QED) is 0.404. The van der Waals surface area contributed by atoms with Crippen LogP contribution >= 0.6 is 0 Å². The second-order valence-corrected chi connectivity index (χ2v) is 9.92. The minimum Gasteiger partial charge on any atom is -0.294 e. The summed E-state index contributed by atoms with van der Waals surface area (Å²) in [5.41, 5.74) is 4.81. The summed E-state index contributed by atoms with van der Waals surface area (Å²) in [7, 11) is 0. The summed E-state index contributed by atoms with van der Waals surface area (Å²) in [6.45, 7) is 4.75. The van der Waals surface area contributed by atoms with E-state index in [1.54, 1.807) is 11.1 Å². The zero-order valence-electron chi connectivity index (χ0n) is 20.0. The number of fused-ring (bicyclic) bond motifs is 1. The van der Waals surface area contributed by atoms with Gasteiger partial charge in [-0.05, 0) is 23.0 Å². The van der Waals surface area contributed by atoms with Crippen molar-refractivity contribution in [1.29, 1.82) is 0 Å². The number of rotatable bonds is 7. The number of benzene rings is 2. The normalized spacial score (nSPS) is 15.9. The Morgan fingerprint density at radius 2 is 1.79 bits per heavy atom. The van der Waals surface area contributed by atoms with Crippen molar-refractivity contribution in [3.05, 3.63) is 77.0 Å². The Hall–Kier alpha value is -3.34. The standard InChI is InChI=1S/C29H31N3O2/c1-19(2)24-9-5-6-10-25(24)28-30-17-23-16-27(34)32(29(23)31-28)18-21-11-13-22(14-12-21)26(33)15-20-7-3-4-8-20/h5-6,9-14,17,19-20H,3-4,7-8,15-16,18H2,1-2H3. The molecule has 34 heavy (non-hydrogen) atoms. The molecule has 1 amide bonds. The lowest BCUT2D eigenvalue weighted by Crippen LogP contribution is -2.26. The van der Waals surface area contributed by atoms with E-state index in [2.05, 4.69) is 24.9 Å². The number of hydrogen-bond donors (Lipinski definition) is 0. The van der Waals surface area contributed by atoms with E-state index < -0.39 is 0 Å². The first-order chi connectivity index (χ1) is 16.5. The minimum atomic E-state index is 0.0278. The largest absolute Gasteiger partial charge is 0.294 e. The molecule has 1 aliphatic heterocycles. The van der Waals surface area contributed by atoms with Crippen LogP contribution in [-0.4, -0.2) is 21.7 Å². The number of anilines is 1. The van der Waals surface area contributed by atoms with E-state index in [-0.39, 0.29) is 11.7 Å². The number of amides is 1. The van der Waals surface area contributed by atoms with Crippen LogP contribution in [0.5, 0.6) is 0 Å². The molecule has 5 heteroatoms. The molecule has 0 bridgehead atoms. The predicted octanol–water partition coefficient (Wildman–Crippen LogP) is 6.12. The van der Waals surface area contributed by atoms with Gasteiger partial charge < -0.3 is 0 Å². The Labute approximate surface area is 201 Å².